The number of nitrogens with one attached hydrogen (secondary N) is 1. The predicted octanol–water partition coefficient (Wildman–Crippen LogP) is 2.23. The summed E-state index contributed by atoms with van der Waals surface area (Å²) >= 11 is 5.58. The minimum absolute atomic E-state index is 0.0642. The molecule has 0 saturated carbocycles. The molecule has 2 N–H and O–H groups in total. The van der Waals surface area contributed by atoms with Crippen molar-refractivity contribution in [3.63, 3.8) is 0 Å². The second-order valence-corrected chi connectivity index (χ2v) is 5.01. The van der Waals surface area contributed by atoms with Gasteiger partial charge in [0, 0.05) is 18.6 Å². The van der Waals surface area contributed by atoms with Crippen LogP contribution in [0.25, 0.3) is 0 Å². The van der Waals surface area contributed by atoms with E-state index < -0.39 is 17.1 Å². The van der Waals surface area contributed by atoms with Crippen molar-refractivity contribution in [3.8, 4) is 0 Å². The van der Waals surface area contributed by atoms with Gasteiger partial charge in [0.1, 0.15) is 0 Å². The van der Waals surface area contributed by atoms with Crippen LogP contribution in [-0.2, 0) is 0 Å². The Labute approximate surface area is 105 Å². The Kier molecular flexibility index (Phi) is 4.48. The van der Waals surface area contributed by atoms with Crippen LogP contribution in [0.3, 0.4) is 0 Å². The number of rotatable bonds is 4. The molecule has 0 saturated heterocycles. The number of hydrogen-bond donors (Lipinski definition) is 2. The van der Waals surface area contributed by atoms with Gasteiger partial charge in [0.15, 0.2) is 5.82 Å². The maximum absolute atomic E-state index is 13.5. The van der Waals surface area contributed by atoms with E-state index >= 15 is 0 Å². The molecule has 0 heterocycles. The Morgan fingerprint density at radius 2 is 2.18 bits per heavy atom. The van der Waals surface area contributed by atoms with E-state index in [1.54, 1.807) is 13.8 Å². The van der Waals surface area contributed by atoms with Gasteiger partial charge in [-0.3, -0.25) is 4.79 Å². The molecule has 0 bridgehead atoms. The predicted molar refractivity (Wildman–Crippen MR) is 64.6 cm³/mol. The molecule has 1 rings (SSSR count). The van der Waals surface area contributed by atoms with Gasteiger partial charge in [-0.1, -0.05) is 31.5 Å². The molecular formula is C12H15ClFNO2. The van der Waals surface area contributed by atoms with E-state index in [0.717, 1.165) is 0 Å². The number of amides is 1. The Balaban J connectivity index is 2.74. The van der Waals surface area contributed by atoms with Crippen LogP contribution < -0.4 is 5.32 Å². The molecule has 3 nitrogen and oxygen atoms in total. The van der Waals surface area contributed by atoms with Crippen LogP contribution in [-0.4, -0.2) is 24.2 Å². The topological polar surface area (TPSA) is 49.3 Å². The lowest BCUT2D eigenvalue weighted by molar-refractivity contribution is 0.0907. The van der Waals surface area contributed by atoms with Gasteiger partial charge in [-0.15, -0.1) is 0 Å². The van der Waals surface area contributed by atoms with Crippen molar-refractivity contribution in [1.82, 2.24) is 5.32 Å². The average Bonchev–Trinajstić information content (AvgIpc) is 2.30. The number of aliphatic hydroxyl groups is 1. The number of carbonyl (C=O) groups is 1. The molecule has 5 heteroatoms. The van der Waals surface area contributed by atoms with Gasteiger partial charge in [-0.2, -0.15) is 0 Å². The quantitative estimate of drug-likeness (QED) is 0.871. The normalized spacial score (nSPS) is 11.4. The van der Waals surface area contributed by atoms with E-state index in [1.807, 2.05) is 0 Å². The minimum atomic E-state index is -0.728. The molecule has 0 radical (unpaired) electrons. The summed E-state index contributed by atoms with van der Waals surface area (Å²) < 4.78 is 13.5. The molecule has 0 aromatic heterocycles. The van der Waals surface area contributed by atoms with Crippen LogP contribution >= 0.6 is 11.6 Å². The maximum atomic E-state index is 13.5. The van der Waals surface area contributed by atoms with E-state index in [0.29, 0.717) is 0 Å². The van der Waals surface area contributed by atoms with E-state index in [1.165, 1.54) is 18.2 Å². The first-order chi connectivity index (χ1) is 7.87. The molecule has 0 aliphatic rings. The Hall–Kier alpha value is -1.13. The molecule has 0 aliphatic heterocycles. The van der Waals surface area contributed by atoms with Crippen LogP contribution in [0, 0.1) is 11.2 Å². The van der Waals surface area contributed by atoms with Crippen molar-refractivity contribution >= 4 is 17.5 Å². The van der Waals surface area contributed by atoms with Crippen LogP contribution in [0.2, 0.25) is 5.02 Å². The van der Waals surface area contributed by atoms with Crippen molar-refractivity contribution in [1.29, 1.82) is 0 Å². The second-order valence-electron chi connectivity index (χ2n) is 4.61. The highest BCUT2D eigenvalue weighted by Gasteiger charge is 2.19. The first-order valence-corrected chi connectivity index (χ1v) is 5.58. The van der Waals surface area contributed by atoms with Crippen molar-refractivity contribution in [2.45, 2.75) is 13.8 Å². The summed E-state index contributed by atoms with van der Waals surface area (Å²) in [6.07, 6.45) is 0. The van der Waals surface area contributed by atoms with E-state index in [-0.39, 0.29) is 23.7 Å². The minimum Gasteiger partial charge on any atom is -0.396 e. The largest absolute Gasteiger partial charge is 0.396 e. The highest BCUT2D eigenvalue weighted by molar-refractivity contribution is 6.31. The summed E-state index contributed by atoms with van der Waals surface area (Å²) in [5.74, 6) is -1.26. The summed E-state index contributed by atoms with van der Waals surface area (Å²) in [6, 6.07) is 4.26. The fourth-order valence-corrected chi connectivity index (χ4v) is 1.32. The fourth-order valence-electron chi connectivity index (χ4n) is 1.15. The lowest BCUT2D eigenvalue weighted by atomic mass is 9.95. The fraction of sp³-hybridized carbons (Fsp3) is 0.417. The van der Waals surface area contributed by atoms with E-state index in [4.69, 9.17) is 16.7 Å². The molecule has 17 heavy (non-hydrogen) atoms. The van der Waals surface area contributed by atoms with Crippen LogP contribution in [0.1, 0.15) is 24.2 Å². The third-order valence-corrected chi connectivity index (χ3v) is 2.64. The van der Waals surface area contributed by atoms with E-state index in [2.05, 4.69) is 5.32 Å². The van der Waals surface area contributed by atoms with Crippen molar-refractivity contribution < 1.29 is 14.3 Å². The van der Waals surface area contributed by atoms with Gasteiger partial charge in [0.2, 0.25) is 0 Å². The van der Waals surface area contributed by atoms with Crippen LogP contribution in [0.5, 0.6) is 0 Å². The monoisotopic (exact) mass is 259 g/mol. The molecule has 0 aliphatic carbocycles. The van der Waals surface area contributed by atoms with Crippen molar-refractivity contribution in [2.24, 2.45) is 5.41 Å². The number of hydrogen-bond acceptors (Lipinski definition) is 2. The van der Waals surface area contributed by atoms with Crippen LogP contribution in [0.15, 0.2) is 18.2 Å². The molecule has 0 fully saturated rings. The van der Waals surface area contributed by atoms with Gasteiger partial charge >= 0.3 is 0 Å². The molecular weight excluding hydrogens is 245 g/mol. The molecule has 0 unspecified atom stereocenters. The van der Waals surface area contributed by atoms with E-state index in [9.17, 15) is 9.18 Å². The SMILES string of the molecule is CC(C)(CO)CNC(=O)c1cccc(Cl)c1F. The molecule has 1 aromatic carbocycles. The lowest BCUT2D eigenvalue weighted by Gasteiger charge is -2.21. The lowest BCUT2D eigenvalue weighted by Crippen LogP contribution is -2.36. The zero-order valence-electron chi connectivity index (χ0n) is 9.76. The number of carbonyl (C=O) groups excluding carboxylic acids is 1. The number of benzene rings is 1. The van der Waals surface area contributed by atoms with Gasteiger partial charge in [-0.05, 0) is 12.1 Å². The Bertz CT molecular complexity index is 421. The van der Waals surface area contributed by atoms with Crippen molar-refractivity contribution in [2.75, 3.05) is 13.2 Å². The summed E-state index contributed by atoms with van der Waals surface area (Å²) in [6.45, 7) is 3.78. The first kappa shape index (κ1) is 13.9. The molecule has 94 valence electrons. The molecule has 0 spiro atoms. The summed E-state index contributed by atoms with van der Waals surface area (Å²) in [7, 11) is 0. The molecule has 0 atom stereocenters. The average molecular weight is 260 g/mol. The molecule has 1 amide bonds. The maximum Gasteiger partial charge on any atom is 0.254 e. The van der Waals surface area contributed by atoms with Gasteiger partial charge in [0.25, 0.3) is 5.91 Å². The smallest absolute Gasteiger partial charge is 0.254 e. The van der Waals surface area contributed by atoms with Crippen molar-refractivity contribution in [3.05, 3.63) is 34.6 Å². The van der Waals surface area contributed by atoms with Crippen LogP contribution in [0.4, 0.5) is 4.39 Å². The number of halogens is 2. The zero-order chi connectivity index (χ0) is 13.1. The first-order valence-electron chi connectivity index (χ1n) is 5.20. The van der Waals surface area contributed by atoms with Gasteiger partial charge in [-0.25, -0.2) is 4.39 Å². The third kappa shape index (κ3) is 3.68. The summed E-state index contributed by atoms with van der Waals surface area (Å²) in [4.78, 5) is 11.7. The summed E-state index contributed by atoms with van der Waals surface area (Å²) in [5, 5.41) is 11.5. The highest BCUT2D eigenvalue weighted by atomic mass is 35.5. The Morgan fingerprint density at radius 3 is 2.76 bits per heavy atom. The van der Waals surface area contributed by atoms with Gasteiger partial charge in [0.05, 0.1) is 10.6 Å². The highest BCUT2D eigenvalue weighted by Crippen LogP contribution is 2.18. The summed E-state index contributed by atoms with van der Waals surface area (Å²) in [5.41, 5.74) is -0.531. The van der Waals surface area contributed by atoms with Gasteiger partial charge < -0.3 is 10.4 Å². The second kappa shape index (κ2) is 5.47. The Morgan fingerprint density at radius 1 is 1.53 bits per heavy atom. The molecule has 1 aromatic rings. The third-order valence-electron chi connectivity index (χ3n) is 2.35. The number of aliphatic hydroxyl groups excluding tert-OH is 1. The zero-order valence-corrected chi connectivity index (χ0v) is 10.5. The standard InChI is InChI=1S/C12H15ClFNO2/c1-12(2,7-16)6-15-11(17)8-4-3-5-9(13)10(8)14/h3-5,16H,6-7H2,1-2H3,(H,15,17).